The fraction of sp³-hybridized carbons (Fsp3) is 0.684. The number of hydrogen-bond donors (Lipinski definition) is 1. The van der Waals surface area contributed by atoms with E-state index in [1.807, 2.05) is 0 Å². The van der Waals surface area contributed by atoms with E-state index >= 15 is 0 Å². The Balaban J connectivity index is 2.26. The molecule has 2 heteroatoms. The third-order valence-corrected chi connectivity index (χ3v) is 4.66. The predicted molar refractivity (Wildman–Crippen MR) is 91.6 cm³/mol. The van der Waals surface area contributed by atoms with Gasteiger partial charge >= 0.3 is 0 Å². The molecule has 0 radical (unpaired) electrons. The van der Waals surface area contributed by atoms with Crippen molar-refractivity contribution in [2.75, 3.05) is 13.1 Å². The number of benzene rings is 1. The minimum Gasteiger partial charge on any atom is -0.326 e. The van der Waals surface area contributed by atoms with E-state index < -0.39 is 0 Å². The zero-order valence-corrected chi connectivity index (χ0v) is 14.2. The van der Waals surface area contributed by atoms with Gasteiger partial charge in [-0.05, 0) is 48.9 Å². The van der Waals surface area contributed by atoms with Gasteiger partial charge in [-0.3, -0.25) is 4.90 Å². The summed E-state index contributed by atoms with van der Waals surface area (Å²) >= 11 is 0. The maximum absolute atomic E-state index is 6.51. The lowest BCUT2D eigenvalue weighted by Crippen LogP contribution is -2.40. The summed E-state index contributed by atoms with van der Waals surface area (Å²) in [5.41, 5.74) is 9.52. The maximum atomic E-state index is 6.51. The molecule has 0 saturated carbocycles. The minimum absolute atomic E-state index is 0.215. The summed E-state index contributed by atoms with van der Waals surface area (Å²) in [5, 5.41) is 0. The second-order valence-corrected chi connectivity index (χ2v) is 7.51. The van der Waals surface area contributed by atoms with Gasteiger partial charge in [0.1, 0.15) is 0 Å². The molecule has 1 aliphatic heterocycles. The summed E-state index contributed by atoms with van der Waals surface area (Å²) in [4.78, 5) is 2.60. The monoisotopic (exact) mass is 288 g/mol. The fourth-order valence-corrected chi connectivity index (χ4v) is 3.44. The van der Waals surface area contributed by atoms with E-state index in [1.165, 1.54) is 36.9 Å². The topological polar surface area (TPSA) is 29.3 Å². The third-order valence-electron chi connectivity index (χ3n) is 4.66. The number of nitrogens with two attached hydrogens (primary N) is 1. The molecule has 0 aliphatic carbocycles. The molecule has 2 atom stereocenters. The minimum atomic E-state index is 0.215. The molecule has 0 spiro atoms. The molecule has 0 bridgehead atoms. The van der Waals surface area contributed by atoms with Crippen LogP contribution in [0.25, 0.3) is 0 Å². The smallest absolute Gasteiger partial charge is 0.0499 e. The highest BCUT2D eigenvalue weighted by molar-refractivity contribution is 5.30. The summed E-state index contributed by atoms with van der Waals surface area (Å²) in [6, 6.07) is 9.84. The summed E-state index contributed by atoms with van der Waals surface area (Å²) in [5.74, 6) is 0. The van der Waals surface area contributed by atoms with Crippen molar-refractivity contribution in [1.82, 2.24) is 4.90 Å². The normalized spacial score (nSPS) is 24.8. The molecule has 118 valence electrons. The zero-order valence-electron chi connectivity index (χ0n) is 14.2. The van der Waals surface area contributed by atoms with Crippen LogP contribution in [0.15, 0.2) is 24.3 Å². The van der Waals surface area contributed by atoms with E-state index in [-0.39, 0.29) is 11.5 Å². The van der Waals surface area contributed by atoms with Crippen molar-refractivity contribution in [3.05, 3.63) is 35.4 Å². The first-order chi connectivity index (χ1) is 9.93. The van der Waals surface area contributed by atoms with E-state index in [0.717, 1.165) is 13.0 Å². The average molecular weight is 288 g/mol. The third kappa shape index (κ3) is 4.08. The SMILES string of the molecule is CCCN1CCCCC(N)C1c1ccc(C(C)(C)C)cc1. The van der Waals surface area contributed by atoms with Crippen molar-refractivity contribution in [2.24, 2.45) is 5.73 Å². The first-order valence-electron chi connectivity index (χ1n) is 8.53. The van der Waals surface area contributed by atoms with Crippen LogP contribution < -0.4 is 5.73 Å². The van der Waals surface area contributed by atoms with Crippen LogP contribution >= 0.6 is 0 Å². The van der Waals surface area contributed by atoms with Gasteiger partial charge in [-0.2, -0.15) is 0 Å². The molecule has 1 heterocycles. The molecule has 0 amide bonds. The molecule has 1 aromatic rings. The van der Waals surface area contributed by atoms with Gasteiger partial charge in [-0.1, -0.05) is 58.4 Å². The Hall–Kier alpha value is -0.860. The van der Waals surface area contributed by atoms with Gasteiger partial charge in [-0.15, -0.1) is 0 Å². The van der Waals surface area contributed by atoms with Gasteiger partial charge in [0.2, 0.25) is 0 Å². The highest BCUT2D eigenvalue weighted by atomic mass is 15.2. The summed E-state index contributed by atoms with van der Waals surface area (Å²) < 4.78 is 0. The highest BCUT2D eigenvalue weighted by Gasteiger charge is 2.28. The molecule has 1 fully saturated rings. The van der Waals surface area contributed by atoms with E-state index in [0.29, 0.717) is 6.04 Å². The highest BCUT2D eigenvalue weighted by Crippen LogP contribution is 2.31. The van der Waals surface area contributed by atoms with Gasteiger partial charge in [0.15, 0.2) is 0 Å². The van der Waals surface area contributed by atoms with Crippen molar-refractivity contribution in [1.29, 1.82) is 0 Å². The van der Waals surface area contributed by atoms with Crippen molar-refractivity contribution in [2.45, 2.75) is 70.9 Å². The molecule has 0 aromatic heterocycles. The number of hydrogen-bond acceptors (Lipinski definition) is 2. The second-order valence-electron chi connectivity index (χ2n) is 7.51. The van der Waals surface area contributed by atoms with Crippen molar-refractivity contribution in [3.8, 4) is 0 Å². The van der Waals surface area contributed by atoms with Crippen molar-refractivity contribution < 1.29 is 0 Å². The molecule has 2 N–H and O–H groups in total. The van der Waals surface area contributed by atoms with E-state index in [1.54, 1.807) is 0 Å². The molecular formula is C19H32N2. The van der Waals surface area contributed by atoms with Crippen LogP contribution in [0.4, 0.5) is 0 Å². The maximum Gasteiger partial charge on any atom is 0.0499 e. The van der Waals surface area contributed by atoms with Crippen LogP contribution in [0, 0.1) is 0 Å². The Labute approximate surface area is 130 Å². The van der Waals surface area contributed by atoms with Crippen LogP contribution in [0.2, 0.25) is 0 Å². The van der Waals surface area contributed by atoms with Gasteiger partial charge < -0.3 is 5.73 Å². The van der Waals surface area contributed by atoms with Crippen molar-refractivity contribution in [3.63, 3.8) is 0 Å². The van der Waals surface area contributed by atoms with E-state index in [9.17, 15) is 0 Å². The first-order valence-corrected chi connectivity index (χ1v) is 8.53. The first kappa shape index (κ1) is 16.5. The lowest BCUT2D eigenvalue weighted by Gasteiger charge is -2.34. The molecule has 2 nitrogen and oxygen atoms in total. The zero-order chi connectivity index (χ0) is 15.5. The predicted octanol–water partition coefficient (Wildman–Crippen LogP) is 4.25. The summed E-state index contributed by atoms with van der Waals surface area (Å²) in [6.07, 6.45) is 4.89. The molecule has 2 rings (SSSR count). The Kier molecular flexibility index (Phi) is 5.45. The molecular weight excluding hydrogens is 256 g/mol. The Morgan fingerprint density at radius 3 is 2.38 bits per heavy atom. The van der Waals surface area contributed by atoms with Gasteiger partial charge in [0, 0.05) is 12.1 Å². The summed E-state index contributed by atoms with van der Waals surface area (Å²) in [7, 11) is 0. The molecule has 1 aromatic carbocycles. The largest absolute Gasteiger partial charge is 0.326 e. The Morgan fingerprint density at radius 1 is 1.14 bits per heavy atom. The van der Waals surface area contributed by atoms with E-state index in [4.69, 9.17) is 5.73 Å². The number of likely N-dealkylation sites (tertiary alicyclic amines) is 1. The van der Waals surface area contributed by atoms with Crippen LogP contribution in [0.5, 0.6) is 0 Å². The lowest BCUT2D eigenvalue weighted by molar-refractivity contribution is 0.186. The average Bonchev–Trinajstić information content (AvgIpc) is 2.60. The second kappa shape index (κ2) is 6.93. The van der Waals surface area contributed by atoms with E-state index in [2.05, 4.69) is 56.9 Å². The molecule has 1 saturated heterocycles. The Morgan fingerprint density at radius 2 is 1.81 bits per heavy atom. The molecule has 1 aliphatic rings. The van der Waals surface area contributed by atoms with Gasteiger partial charge in [0.05, 0.1) is 0 Å². The Bertz CT molecular complexity index is 430. The van der Waals surface area contributed by atoms with Gasteiger partial charge in [-0.25, -0.2) is 0 Å². The van der Waals surface area contributed by atoms with Gasteiger partial charge in [0.25, 0.3) is 0 Å². The van der Waals surface area contributed by atoms with Crippen LogP contribution in [-0.4, -0.2) is 24.0 Å². The molecule has 2 unspecified atom stereocenters. The standard InChI is InChI=1S/C19H32N2/c1-5-13-21-14-7-6-8-17(20)18(21)15-9-11-16(12-10-15)19(2,3)4/h9-12,17-18H,5-8,13-14,20H2,1-4H3. The van der Waals surface area contributed by atoms with Crippen molar-refractivity contribution >= 4 is 0 Å². The molecule has 21 heavy (non-hydrogen) atoms. The lowest BCUT2D eigenvalue weighted by atomic mass is 9.85. The van der Waals surface area contributed by atoms with Crippen LogP contribution in [0.1, 0.15) is 70.5 Å². The number of nitrogens with zero attached hydrogens (tertiary/aromatic N) is 1. The fourth-order valence-electron chi connectivity index (χ4n) is 3.44. The summed E-state index contributed by atoms with van der Waals surface area (Å²) in [6.45, 7) is 11.4. The van der Waals surface area contributed by atoms with Crippen LogP contribution in [0.3, 0.4) is 0 Å². The number of rotatable bonds is 3. The quantitative estimate of drug-likeness (QED) is 0.901. The van der Waals surface area contributed by atoms with Crippen LogP contribution in [-0.2, 0) is 5.41 Å².